The first-order chi connectivity index (χ1) is 11.1. The van der Waals surface area contributed by atoms with Crippen LogP contribution in [-0.4, -0.2) is 56.7 Å². The maximum absolute atomic E-state index is 12.4. The van der Waals surface area contributed by atoms with Gasteiger partial charge in [-0.3, -0.25) is 9.69 Å². The number of nitrogens with zero attached hydrogens (tertiary/aromatic N) is 1. The lowest BCUT2D eigenvalue weighted by atomic mass is 9.88. The molecular formula is C17H27N3O3. The number of furan rings is 1. The number of rotatable bonds is 6. The number of carbonyl (C=O) groups is 1. The second-order valence-electron chi connectivity index (χ2n) is 6.56. The summed E-state index contributed by atoms with van der Waals surface area (Å²) in [6, 6.07) is 4.07. The van der Waals surface area contributed by atoms with Gasteiger partial charge >= 0.3 is 0 Å². The number of aryl methyl sites for hydroxylation is 1. The zero-order chi connectivity index (χ0) is 16.2. The summed E-state index contributed by atoms with van der Waals surface area (Å²) in [5, 5.41) is 6.35. The van der Waals surface area contributed by atoms with Gasteiger partial charge in [-0.1, -0.05) is 6.92 Å². The highest BCUT2D eigenvalue weighted by atomic mass is 16.5. The van der Waals surface area contributed by atoms with Gasteiger partial charge in [0.1, 0.15) is 11.5 Å². The molecule has 128 valence electrons. The molecule has 1 aromatic rings. The molecule has 2 atom stereocenters. The molecule has 3 rings (SSSR count). The van der Waals surface area contributed by atoms with E-state index >= 15 is 0 Å². The van der Waals surface area contributed by atoms with Crippen LogP contribution in [0.5, 0.6) is 0 Å². The lowest BCUT2D eigenvalue weighted by molar-refractivity contribution is -0.127. The molecule has 0 spiro atoms. The van der Waals surface area contributed by atoms with Crippen LogP contribution in [0.1, 0.15) is 24.5 Å². The minimum Gasteiger partial charge on any atom is -0.465 e. The number of hydrogen-bond acceptors (Lipinski definition) is 5. The number of hydrogen-bond donors (Lipinski definition) is 2. The molecule has 2 N–H and O–H groups in total. The van der Waals surface area contributed by atoms with Crippen LogP contribution in [0, 0.1) is 18.8 Å². The lowest BCUT2D eigenvalue weighted by Gasteiger charge is -2.35. The second-order valence-corrected chi connectivity index (χ2v) is 6.56. The van der Waals surface area contributed by atoms with Gasteiger partial charge in [0.15, 0.2) is 0 Å². The maximum Gasteiger partial charge on any atom is 0.223 e. The largest absolute Gasteiger partial charge is 0.465 e. The van der Waals surface area contributed by atoms with Gasteiger partial charge < -0.3 is 19.8 Å². The number of ether oxygens (including phenoxy) is 1. The fourth-order valence-electron chi connectivity index (χ4n) is 3.17. The lowest BCUT2D eigenvalue weighted by Crippen LogP contribution is -2.50. The van der Waals surface area contributed by atoms with Crippen LogP contribution in [0.4, 0.5) is 0 Å². The normalized spacial score (nSPS) is 22.3. The molecule has 0 saturated carbocycles. The van der Waals surface area contributed by atoms with E-state index in [2.05, 4.69) is 15.5 Å². The van der Waals surface area contributed by atoms with Gasteiger partial charge in [0.2, 0.25) is 5.91 Å². The standard InChI is InChI=1S/C17H27N3O3/c1-12-3-4-16(23-12)15(20-5-7-22-8-6-20)11-19-17(21)13(2)14-9-18-10-14/h3-4,13-15,18H,5-11H2,1-2H3,(H,19,21). The highest BCUT2D eigenvalue weighted by Gasteiger charge is 2.30. The van der Waals surface area contributed by atoms with Crippen LogP contribution in [0.15, 0.2) is 16.5 Å². The van der Waals surface area contributed by atoms with Gasteiger partial charge in [0.05, 0.1) is 19.3 Å². The molecule has 23 heavy (non-hydrogen) atoms. The Kier molecular flexibility index (Phi) is 5.35. The van der Waals surface area contributed by atoms with E-state index in [0.717, 1.165) is 50.9 Å². The molecule has 2 unspecified atom stereocenters. The number of amides is 1. The van der Waals surface area contributed by atoms with Crippen molar-refractivity contribution < 1.29 is 13.9 Å². The Morgan fingerprint density at radius 3 is 2.70 bits per heavy atom. The minimum atomic E-state index is 0.0555. The number of morpholine rings is 1. The van der Waals surface area contributed by atoms with Gasteiger partial charge in [-0.15, -0.1) is 0 Å². The van der Waals surface area contributed by atoms with Crippen molar-refractivity contribution in [3.05, 3.63) is 23.7 Å². The molecule has 1 amide bonds. The van der Waals surface area contributed by atoms with E-state index < -0.39 is 0 Å². The molecule has 0 aliphatic carbocycles. The van der Waals surface area contributed by atoms with Crippen LogP contribution < -0.4 is 10.6 Å². The molecule has 2 fully saturated rings. The Labute approximate surface area is 137 Å². The topological polar surface area (TPSA) is 66.7 Å². The molecule has 1 aromatic heterocycles. The minimum absolute atomic E-state index is 0.0555. The molecule has 2 saturated heterocycles. The first-order valence-corrected chi connectivity index (χ1v) is 8.51. The SMILES string of the molecule is Cc1ccc(C(CNC(=O)C(C)C2CNC2)N2CCOCC2)o1. The third-order valence-corrected chi connectivity index (χ3v) is 4.98. The summed E-state index contributed by atoms with van der Waals surface area (Å²) in [4.78, 5) is 14.7. The van der Waals surface area contributed by atoms with Crippen LogP contribution >= 0.6 is 0 Å². The van der Waals surface area contributed by atoms with Crippen molar-refractivity contribution in [3.63, 3.8) is 0 Å². The first-order valence-electron chi connectivity index (χ1n) is 8.51. The summed E-state index contributed by atoms with van der Waals surface area (Å²) in [5.74, 6) is 2.47. The Morgan fingerprint density at radius 2 is 2.13 bits per heavy atom. The zero-order valence-electron chi connectivity index (χ0n) is 14.0. The number of nitrogens with one attached hydrogen (secondary N) is 2. The highest BCUT2D eigenvalue weighted by molar-refractivity contribution is 5.78. The van der Waals surface area contributed by atoms with Crippen molar-refractivity contribution >= 4 is 5.91 Å². The fraction of sp³-hybridized carbons (Fsp3) is 0.706. The van der Waals surface area contributed by atoms with Gasteiger partial charge in [0.25, 0.3) is 0 Å². The van der Waals surface area contributed by atoms with E-state index in [1.54, 1.807) is 0 Å². The first kappa shape index (κ1) is 16.5. The summed E-state index contributed by atoms with van der Waals surface area (Å²) >= 11 is 0. The van der Waals surface area contributed by atoms with Gasteiger partial charge in [-0.2, -0.15) is 0 Å². The number of carbonyl (C=O) groups excluding carboxylic acids is 1. The molecule has 6 heteroatoms. The summed E-state index contributed by atoms with van der Waals surface area (Å²) in [6.45, 7) is 9.62. The van der Waals surface area contributed by atoms with Crippen LogP contribution in [-0.2, 0) is 9.53 Å². The van der Waals surface area contributed by atoms with Crippen LogP contribution in [0.3, 0.4) is 0 Å². The molecule has 2 aliphatic heterocycles. The summed E-state index contributed by atoms with van der Waals surface area (Å²) in [5.41, 5.74) is 0. The fourth-order valence-corrected chi connectivity index (χ4v) is 3.17. The van der Waals surface area contributed by atoms with Crippen molar-refractivity contribution in [2.45, 2.75) is 19.9 Å². The van der Waals surface area contributed by atoms with E-state index in [0.29, 0.717) is 12.5 Å². The predicted octanol–water partition coefficient (Wildman–Crippen LogP) is 0.933. The van der Waals surface area contributed by atoms with Crippen molar-refractivity contribution in [1.29, 1.82) is 0 Å². The summed E-state index contributed by atoms with van der Waals surface area (Å²) in [7, 11) is 0. The Bertz CT molecular complexity index is 521. The molecular weight excluding hydrogens is 294 g/mol. The van der Waals surface area contributed by atoms with Gasteiger partial charge in [0, 0.05) is 25.6 Å². The van der Waals surface area contributed by atoms with Crippen LogP contribution in [0.25, 0.3) is 0 Å². The molecule has 2 aliphatic rings. The average Bonchev–Trinajstić information content (AvgIpc) is 2.93. The van der Waals surface area contributed by atoms with E-state index in [1.165, 1.54) is 0 Å². The van der Waals surface area contributed by atoms with Crippen molar-refractivity contribution in [3.8, 4) is 0 Å². The van der Waals surface area contributed by atoms with E-state index in [-0.39, 0.29) is 17.9 Å². The Morgan fingerprint density at radius 1 is 1.39 bits per heavy atom. The third-order valence-electron chi connectivity index (χ3n) is 4.98. The van der Waals surface area contributed by atoms with E-state index in [1.807, 2.05) is 26.0 Å². The average molecular weight is 321 g/mol. The molecule has 0 bridgehead atoms. The Hall–Kier alpha value is -1.37. The maximum atomic E-state index is 12.4. The van der Waals surface area contributed by atoms with Crippen molar-refractivity contribution in [1.82, 2.24) is 15.5 Å². The smallest absolute Gasteiger partial charge is 0.223 e. The van der Waals surface area contributed by atoms with Crippen molar-refractivity contribution in [2.75, 3.05) is 45.9 Å². The summed E-state index contributed by atoms with van der Waals surface area (Å²) < 4.78 is 11.3. The van der Waals surface area contributed by atoms with E-state index in [9.17, 15) is 4.79 Å². The van der Waals surface area contributed by atoms with E-state index in [4.69, 9.17) is 9.15 Å². The second kappa shape index (κ2) is 7.47. The quantitative estimate of drug-likeness (QED) is 0.816. The third kappa shape index (κ3) is 3.94. The Balaban J connectivity index is 1.62. The van der Waals surface area contributed by atoms with Crippen LogP contribution in [0.2, 0.25) is 0 Å². The predicted molar refractivity (Wildman–Crippen MR) is 87.1 cm³/mol. The molecule has 0 aromatic carbocycles. The van der Waals surface area contributed by atoms with Crippen molar-refractivity contribution in [2.24, 2.45) is 11.8 Å². The zero-order valence-corrected chi connectivity index (χ0v) is 14.0. The molecule has 0 radical (unpaired) electrons. The monoisotopic (exact) mass is 321 g/mol. The summed E-state index contributed by atoms with van der Waals surface area (Å²) in [6.07, 6.45) is 0. The van der Waals surface area contributed by atoms with Gasteiger partial charge in [-0.05, 0) is 38.1 Å². The highest BCUT2D eigenvalue weighted by Crippen LogP contribution is 2.24. The van der Waals surface area contributed by atoms with Gasteiger partial charge in [-0.25, -0.2) is 0 Å². The molecule has 6 nitrogen and oxygen atoms in total. The molecule has 3 heterocycles.